The summed E-state index contributed by atoms with van der Waals surface area (Å²) in [5, 5.41) is 16.9. The third-order valence-electron chi connectivity index (χ3n) is 6.43. The van der Waals surface area contributed by atoms with E-state index in [0.717, 1.165) is 40.6 Å². The summed E-state index contributed by atoms with van der Waals surface area (Å²) in [5.74, 6) is -0.799. The molecule has 4 heteroatoms. The van der Waals surface area contributed by atoms with Gasteiger partial charge in [0.1, 0.15) is 6.04 Å². The first-order chi connectivity index (χ1) is 13.7. The predicted octanol–water partition coefficient (Wildman–Crippen LogP) is 4.11. The van der Waals surface area contributed by atoms with Crippen molar-refractivity contribution in [3.63, 3.8) is 0 Å². The van der Waals surface area contributed by atoms with Crippen LogP contribution in [0.15, 0.2) is 54.6 Å². The average Bonchev–Trinajstić information content (AvgIpc) is 3.30. The lowest BCUT2D eigenvalue weighted by atomic mass is 9.87. The number of aromatic amines is 1. The fraction of sp³-hybridized carbons (Fsp3) is 0.208. The van der Waals surface area contributed by atoms with Crippen LogP contribution in [0.3, 0.4) is 0 Å². The maximum Gasteiger partial charge on any atom is 0.321 e. The Morgan fingerprint density at radius 3 is 2.57 bits per heavy atom. The Labute approximate surface area is 162 Å². The van der Waals surface area contributed by atoms with Gasteiger partial charge < -0.3 is 10.1 Å². The number of nitrogens with one attached hydrogen (secondary N) is 2. The van der Waals surface area contributed by atoms with Crippen LogP contribution >= 0.6 is 0 Å². The fourth-order valence-electron chi connectivity index (χ4n) is 5.16. The summed E-state index contributed by atoms with van der Waals surface area (Å²) >= 11 is 0. The number of aryl methyl sites for hydroxylation is 2. The molecular weight excluding hydrogens is 348 g/mol. The molecule has 0 amide bonds. The van der Waals surface area contributed by atoms with Crippen molar-refractivity contribution in [1.82, 2.24) is 10.3 Å². The molecule has 2 heterocycles. The van der Waals surface area contributed by atoms with Crippen LogP contribution in [0.4, 0.5) is 0 Å². The minimum absolute atomic E-state index is 0.165. The molecule has 1 aromatic heterocycles. The van der Waals surface area contributed by atoms with E-state index < -0.39 is 12.0 Å². The summed E-state index contributed by atoms with van der Waals surface area (Å²) in [6.45, 7) is 0. The Balaban J connectivity index is 1.62. The van der Waals surface area contributed by atoms with E-state index in [1.54, 1.807) is 0 Å². The molecule has 0 saturated carbocycles. The molecule has 6 rings (SSSR count). The molecule has 3 aromatic carbocycles. The lowest BCUT2D eigenvalue weighted by Crippen LogP contribution is -2.45. The van der Waals surface area contributed by atoms with Crippen molar-refractivity contribution in [1.29, 1.82) is 0 Å². The van der Waals surface area contributed by atoms with Gasteiger partial charge in [-0.2, -0.15) is 0 Å². The van der Waals surface area contributed by atoms with Crippen molar-refractivity contribution in [2.45, 2.75) is 31.3 Å². The first-order valence-corrected chi connectivity index (χ1v) is 9.82. The molecule has 2 atom stereocenters. The van der Waals surface area contributed by atoms with Gasteiger partial charge in [-0.25, -0.2) is 0 Å². The monoisotopic (exact) mass is 368 g/mol. The first-order valence-electron chi connectivity index (χ1n) is 9.82. The van der Waals surface area contributed by atoms with E-state index in [4.69, 9.17) is 0 Å². The molecule has 0 spiro atoms. The van der Waals surface area contributed by atoms with Gasteiger partial charge in [0.2, 0.25) is 0 Å². The van der Waals surface area contributed by atoms with Crippen molar-refractivity contribution in [3.8, 4) is 0 Å². The van der Waals surface area contributed by atoms with Gasteiger partial charge in [0.25, 0.3) is 0 Å². The largest absolute Gasteiger partial charge is 0.480 e. The molecule has 1 aliphatic carbocycles. The summed E-state index contributed by atoms with van der Waals surface area (Å²) < 4.78 is 0. The topological polar surface area (TPSA) is 65.1 Å². The van der Waals surface area contributed by atoms with Crippen molar-refractivity contribution < 1.29 is 9.90 Å². The van der Waals surface area contributed by atoms with Gasteiger partial charge in [-0.3, -0.25) is 10.1 Å². The zero-order chi connectivity index (χ0) is 18.8. The third-order valence-corrected chi connectivity index (χ3v) is 6.43. The summed E-state index contributed by atoms with van der Waals surface area (Å²) in [6, 6.07) is 18.3. The lowest BCUT2D eigenvalue weighted by Gasteiger charge is -2.30. The van der Waals surface area contributed by atoms with E-state index in [2.05, 4.69) is 52.8 Å². The Morgan fingerprint density at radius 2 is 1.71 bits per heavy atom. The Morgan fingerprint density at radius 1 is 0.929 bits per heavy atom. The maximum atomic E-state index is 11.9. The van der Waals surface area contributed by atoms with Crippen LogP contribution in [0.2, 0.25) is 0 Å². The average molecular weight is 368 g/mol. The number of para-hydroxylation sites is 1. The lowest BCUT2D eigenvalue weighted by molar-refractivity contribution is -0.139. The predicted molar refractivity (Wildman–Crippen MR) is 110 cm³/mol. The molecule has 0 fully saturated rings. The second kappa shape index (κ2) is 5.69. The van der Waals surface area contributed by atoms with E-state index in [1.807, 2.05) is 12.1 Å². The first kappa shape index (κ1) is 15.9. The molecule has 0 radical (unpaired) electrons. The number of carboxylic acid groups (broad SMARTS) is 1. The minimum atomic E-state index is -0.799. The van der Waals surface area contributed by atoms with E-state index in [9.17, 15) is 9.90 Å². The highest BCUT2D eigenvalue weighted by atomic mass is 16.4. The quantitative estimate of drug-likeness (QED) is 0.499. The van der Waals surface area contributed by atoms with E-state index in [1.165, 1.54) is 21.9 Å². The number of carboxylic acids is 1. The summed E-state index contributed by atoms with van der Waals surface area (Å²) in [5.41, 5.74) is 7.23. The second-order valence-corrected chi connectivity index (χ2v) is 7.91. The van der Waals surface area contributed by atoms with Gasteiger partial charge in [-0.05, 0) is 51.9 Å². The Bertz CT molecular complexity index is 1260. The Kier molecular flexibility index (Phi) is 3.23. The van der Waals surface area contributed by atoms with Gasteiger partial charge >= 0.3 is 5.97 Å². The van der Waals surface area contributed by atoms with Crippen molar-refractivity contribution in [2.24, 2.45) is 0 Å². The van der Waals surface area contributed by atoms with Gasteiger partial charge in [-0.1, -0.05) is 48.5 Å². The highest BCUT2D eigenvalue weighted by molar-refractivity contribution is 5.94. The van der Waals surface area contributed by atoms with Crippen molar-refractivity contribution in [2.75, 3.05) is 0 Å². The van der Waals surface area contributed by atoms with Crippen LogP contribution in [0.25, 0.3) is 21.7 Å². The zero-order valence-corrected chi connectivity index (χ0v) is 15.3. The molecule has 2 aliphatic rings. The number of benzene rings is 3. The number of aromatic nitrogens is 1. The van der Waals surface area contributed by atoms with Crippen LogP contribution in [0.1, 0.15) is 34.0 Å². The zero-order valence-electron chi connectivity index (χ0n) is 15.3. The van der Waals surface area contributed by atoms with Crippen LogP contribution in [-0.2, 0) is 24.1 Å². The van der Waals surface area contributed by atoms with Gasteiger partial charge in [-0.15, -0.1) is 0 Å². The standard InChI is InChI=1S/C24H20N2O2/c27-24(28)20-12-18-15-5-1-2-7-19(15)25-23(18)22(26-20)17-11-10-14-9-8-13-4-3-6-16(17)21(13)14/h1-7,10-11,20,22,25-26H,8-9,12H2,(H,27,28)/t20-,22+/m1/s1. The van der Waals surface area contributed by atoms with Crippen molar-refractivity contribution >= 4 is 27.6 Å². The van der Waals surface area contributed by atoms with Gasteiger partial charge in [0.05, 0.1) is 6.04 Å². The molecule has 138 valence electrons. The van der Waals surface area contributed by atoms with Crippen LogP contribution < -0.4 is 5.32 Å². The number of hydrogen-bond donors (Lipinski definition) is 3. The van der Waals surface area contributed by atoms with Crippen LogP contribution in [0, 0.1) is 0 Å². The summed E-state index contributed by atoms with van der Waals surface area (Å²) in [6.07, 6.45) is 2.67. The number of hydrogen-bond acceptors (Lipinski definition) is 2. The highest BCUT2D eigenvalue weighted by Gasteiger charge is 2.35. The fourth-order valence-corrected chi connectivity index (χ4v) is 5.16. The van der Waals surface area contributed by atoms with Crippen molar-refractivity contribution in [3.05, 3.63) is 82.5 Å². The summed E-state index contributed by atoms with van der Waals surface area (Å²) in [4.78, 5) is 15.5. The maximum absolute atomic E-state index is 11.9. The molecule has 4 nitrogen and oxygen atoms in total. The van der Waals surface area contributed by atoms with Crippen LogP contribution in [0.5, 0.6) is 0 Å². The van der Waals surface area contributed by atoms with Gasteiger partial charge in [0, 0.05) is 23.0 Å². The molecule has 3 N–H and O–H groups in total. The number of fused-ring (bicyclic) bond motifs is 3. The molecular formula is C24H20N2O2. The SMILES string of the molecule is O=C(O)[C@H]1Cc2c([nH]c3ccccc23)[C@H](c2ccc3c4c(cccc24)CC3)N1. The molecule has 4 aromatic rings. The minimum Gasteiger partial charge on any atom is -0.480 e. The van der Waals surface area contributed by atoms with E-state index in [-0.39, 0.29) is 6.04 Å². The summed E-state index contributed by atoms with van der Waals surface area (Å²) in [7, 11) is 0. The molecule has 28 heavy (non-hydrogen) atoms. The van der Waals surface area contributed by atoms with E-state index in [0.29, 0.717) is 6.42 Å². The second-order valence-electron chi connectivity index (χ2n) is 7.91. The molecule has 0 unspecified atom stereocenters. The Hall–Kier alpha value is -3.11. The third kappa shape index (κ3) is 2.12. The smallest absolute Gasteiger partial charge is 0.321 e. The van der Waals surface area contributed by atoms with E-state index >= 15 is 0 Å². The molecule has 0 saturated heterocycles. The number of H-pyrrole nitrogens is 1. The number of rotatable bonds is 2. The van der Waals surface area contributed by atoms with Gasteiger partial charge in [0.15, 0.2) is 0 Å². The number of carbonyl (C=O) groups is 1. The molecule has 1 aliphatic heterocycles. The molecule has 0 bridgehead atoms. The van der Waals surface area contributed by atoms with Crippen LogP contribution in [-0.4, -0.2) is 22.1 Å². The normalized spacial score (nSPS) is 20.6. The highest BCUT2D eigenvalue weighted by Crippen LogP contribution is 2.40. The number of aliphatic carboxylic acids is 1.